The Kier molecular flexibility index (Phi) is 6.40. The number of aliphatic carboxylic acids is 1. The molecule has 6 heteroatoms. The summed E-state index contributed by atoms with van der Waals surface area (Å²) in [5, 5.41) is 11.5. The number of benzene rings is 2. The average molecular weight is 374 g/mol. The van der Waals surface area contributed by atoms with Crippen LogP contribution in [-0.2, 0) is 11.3 Å². The third-order valence-electron chi connectivity index (χ3n) is 4.84. The van der Waals surface area contributed by atoms with Gasteiger partial charge in [-0.15, -0.1) is 0 Å². The largest absolute Gasteiger partial charge is 0.481 e. The predicted molar refractivity (Wildman–Crippen MR) is 102 cm³/mol. The summed E-state index contributed by atoms with van der Waals surface area (Å²) in [5.74, 6) is -2.07. The van der Waals surface area contributed by atoms with E-state index in [0.29, 0.717) is 18.5 Å². The molecule has 0 spiro atoms. The van der Waals surface area contributed by atoms with Crippen molar-refractivity contribution in [2.75, 3.05) is 24.5 Å². The van der Waals surface area contributed by atoms with Gasteiger partial charge < -0.3 is 15.3 Å². The van der Waals surface area contributed by atoms with Gasteiger partial charge in [-0.2, -0.15) is 0 Å². The Bertz CT molecular complexity index is 782. The Morgan fingerprint density at radius 2 is 1.78 bits per heavy atom. The lowest BCUT2D eigenvalue weighted by Crippen LogP contribution is -2.18. The van der Waals surface area contributed by atoms with Gasteiger partial charge in [0.05, 0.1) is 0 Å². The highest BCUT2D eigenvalue weighted by Gasteiger charge is 2.15. The Morgan fingerprint density at radius 1 is 1.07 bits per heavy atom. The molecule has 0 amide bonds. The van der Waals surface area contributed by atoms with Crippen molar-refractivity contribution in [3.8, 4) is 11.1 Å². The van der Waals surface area contributed by atoms with Gasteiger partial charge in [0, 0.05) is 37.3 Å². The highest BCUT2D eigenvalue weighted by atomic mass is 19.1. The first-order chi connectivity index (χ1) is 13.0. The summed E-state index contributed by atoms with van der Waals surface area (Å²) >= 11 is 0. The molecule has 144 valence electrons. The van der Waals surface area contributed by atoms with E-state index >= 15 is 0 Å². The van der Waals surface area contributed by atoms with Crippen molar-refractivity contribution < 1.29 is 18.7 Å². The van der Waals surface area contributed by atoms with Gasteiger partial charge in [-0.25, -0.2) is 8.78 Å². The van der Waals surface area contributed by atoms with Crippen LogP contribution in [0.1, 0.15) is 31.2 Å². The van der Waals surface area contributed by atoms with E-state index in [1.807, 2.05) is 24.3 Å². The number of halogens is 2. The highest BCUT2D eigenvalue weighted by Crippen LogP contribution is 2.29. The maximum absolute atomic E-state index is 14.5. The van der Waals surface area contributed by atoms with Crippen LogP contribution in [0, 0.1) is 11.6 Å². The first kappa shape index (κ1) is 19.3. The van der Waals surface area contributed by atoms with Gasteiger partial charge in [0.25, 0.3) is 0 Å². The van der Waals surface area contributed by atoms with Crippen molar-refractivity contribution in [3.05, 3.63) is 53.6 Å². The number of carboxylic acids is 1. The SMILES string of the molecule is O=C(O)CCCNCc1c(F)cc(-c2cccc(N3CCCC3)c2)cc1F. The van der Waals surface area contributed by atoms with E-state index in [0.717, 1.165) is 24.3 Å². The van der Waals surface area contributed by atoms with Gasteiger partial charge in [-0.1, -0.05) is 12.1 Å². The van der Waals surface area contributed by atoms with Crippen molar-refractivity contribution >= 4 is 11.7 Å². The van der Waals surface area contributed by atoms with E-state index in [2.05, 4.69) is 10.2 Å². The highest BCUT2D eigenvalue weighted by molar-refractivity contribution is 5.69. The summed E-state index contributed by atoms with van der Waals surface area (Å²) in [4.78, 5) is 12.8. The molecule has 0 unspecified atom stereocenters. The molecule has 2 aromatic carbocycles. The molecule has 1 aliphatic rings. The molecule has 0 saturated carbocycles. The van der Waals surface area contributed by atoms with Gasteiger partial charge in [0.15, 0.2) is 0 Å². The molecule has 1 saturated heterocycles. The van der Waals surface area contributed by atoms with Crippen LogP contribution < -0.4 is 10.2 Å². The predicted octanol–water partition coefficient (Wildman–Crippen LogP) is 4.19. The monoisotopic (exact) mass is 374 g/mol. The molecule has 3 rings (SSSR count). The topological polar surface area (TPSA) is 52.6 Å². The standard InChI is InChI=1S/C21H24F2N2O2/c22-19-12-16(13-20(23)18(19)14-24-8-4-7-21(26)27)15-5-3-6-17(11-15)25-9-1-2-10-25/h3,5-6,11-13,24H,1-2,4,7-10,14H2,(H,26,27). The molecule has 4 nitrogen and oxygen atoms in total. The smallest absolute Gasteiger partial charge is 0.303 e. The normalized spacial score (nSPS) is 13.9. The molecule has 0 radical (unpaired) electrons. The Hall–Kier alpha value is -2.47. The Labute approximate surface area is 157 Å². The van der Waals surface area contributed by atoms with Crippen LogP contribution >= 0.6 is 0 Å². The number of anilines is 1. The van der Waals surface area contributed by atoms with Crippen LogP contribution in [0.15, 0.2) is 36.4 Å². The number of nitrogens with zero attached hydrogens (tertiary/aromatic N) is 1. The molecule has 0 aromatic heterocycles. The summed E-state index contributed by atoms with van der Waals surface area (Å²) < 4.78 is 28.9. The minimum absolute atomic E-state index is 0.0234. The van der Waals surface area contributed by atoms with E-state index in [1.165, 1.54) is 25.0 Å². The Balaban J connectivity index is 1.70. The molecule has 0 atom stereocenters. The van der Waals surface area contributed by atoms with Crippen LogP contribution in [0.4, 0.5) is 14.5 Å². The fraction of sp³-hybridized carbons (Fsp3) is 0.381. The van der Waals surface area contributed by atoms with E-state index < -0.39 is 17.6 Å². The van der Waals surface area contributed by atoms with E-state index in [9.17, 15) is 13.6 Å². The zero-order valence-electron chi connectivity index (χ0n) is 15.2. The summed E-state index contributed by atoms with van der Waals surface area (Å²) in [6, 6.07) is 10.5. The molecule has 0 bridgehead atoms. The van der Waals surface area contributed by atoms with Gasteiger partial charge in [0.2, 0.25) is 0 Å². The van der Waals surface area contributed by atoms with Crippen LogP contribution in [-0.4, -0.2) is 30.7 Å². The second-order valence-corrected chi connectivity index (χ2v) is 6.84. The zero-order valence-corrected chi connectivity index (χ0v) is 15.2. The number of hydrogen-bond acceptors (Lipinski definition) is 3. The number of nitrogens with one attached hydrogen (secondary N) is 1. The van der Waals surface area contributed by atoms with Crippen LogP contribution in [0.2, 0.25) is 0 Å². The maximum Gasteiger partial charge on any atom is 0.303 e. The minimum atomic E-state index is -0.880. The third-order valence-corrected chi connectivity index (χ3v) is 4.84. The lowest BCUT2D eigenvalue weighted by atomic mass is 10.0. The van der Waals surface area contributed by atoms with Gasteiger partial charge in [-0.3, -0.25) is 4.79 Å². The fourth-order valence-corrected chi connectivity index (χ4v) is 3.37. The lowest BCUT2D eigenvalue weighted by molar-refractivity contribution is -0.137. The average Bonchev–Trinajstić information content (AvgIpc) is 3.18. The van der Waals surface area contributed by atoms with Crippen LogP contribution in [0.3, 0.4) is 0 Å². The van der Waals surface area contributed by atoms with Crippen molar-refractivity contribution in [1.82, 2.24) is 5.32 Å². The molecule has 2 N–H and O–H groups in total. The second-order valence-electron chi connectivity index (χ2n) is 6.84. The number of hydrogen-bond donors (Lipinski definition) is 2. The van der Waals surface area contributed by atoms with Gasteiger partial charge in [0.1, 0.15) is 11.6 Å². The van der Waals surface area contributed by atoms with Crippen molar-refractivity contribution in [2.45, 2.75) is 32.2 Å². The molecule has 2 aromatic rings. The second kappa shape index (κ2) is 8.95. The zero-order chi connectivity index (χ0) is 19.2. The van der Waals surface area contributed by atoms with Crippen molar-refractivity contribution in [2.24, 2.45) is 0 Å². The minimum Gasteiger partial charge on any atom is -0.481 e. The molecule has 1 heterocycles. The van der Waals surface area contributed by atoms with Gasteiger partial charge in [-0.05, 0) is 61.2 Å². The number of rotatable bonds is 8. The number of carbonyl (C=O) groups is 1. The van der Waals surface area contributed by atoms with E-state index in [4.69, 9.17) is 5.11 Å². The summed E-state index contributed by atoms with van der Waals surface area (Å²) in [6.45, 7) is 2.45. The number of carboxylic acid groups (broad SMARTS) is 1. The molecule has 1 fully saturated rings. The van der Waals surface area contributed by atoms with Crippen molar-refractivity contribution in [3.63, 3.8) is 0 Å². The summed E-state index contributed by atoms with van der Waals surface area (Å²) in [6.07, 6.45) is 2.79. The first-order valence-corrected chi connectivity index (χ1v) is 9.30. The fourth-order valence-electron chi connectivity index (χ4n) is 3.37. The quantitative estimate of drug-likeness (QED) is 0.681. The molecule has 0 aliphatic carbocycles. The molecular formula is C21H24F2N2O2. The maximum atomic E-state index is 14.5. The van der Waals surface area contributed by atoms with E-state index in [-0.39, 0.29) is 18.5 Å². The van der Waals surface area contributed by atoms with Crippen LogP contribution in [0.25, 0.3) is 11.1 Å². The van der Waals surface area contributed by atoms with Crippen LogP contribution in [0.5, 0.6) is 0 Å². The molecule has 1 aliphatic heterocycles. The first-order valence-electron chi connectivity index (χ1n) is 9.30. The molecule has 27 heavy (non-hydrogen) atoms. The summed E-state index contributed by atoms with van der Waals surface area (Å²) in [5.41, 5.74) is 2.36. The molecular weight excluding hydrogens is 350 g/mol. The van der Waals surface area contributed by atoms with E-state index in [1.54, 1.807) is 0 Å². The van der Waals surface area contributed by atoms with Crippen molar-refractivity contribution in [1.29, 1.82) is 0 Å². The Morgan fingerprint density at radius 3 is 2.44 bits per heavy atom. The summed E-state index contributed by atoms with van der Waals surface area (Å²) in [7, 11) is 0. The third kappa shape index (κ3) is 5.04. The van der Waals surface area contributed by atoms with Gasteiger partial charge >= 0.3 is 5.97 Å². The lowest BCUT2D eigenvalue weighted by Gasteiger charge is -2.18.